The quantitative estimate of drug-likeness (QED) is 0.473. The van der Waals surface area contributed by atoms with Gasteiger partial charge < -0.3 is 8.85 Å². The Morgan fingerprint density at radius 2 is 2.15 bits per heavy atom. The zero-order valence-corrected chi connectivity index (χ0v) is 9.08. The van der Waals surface area contributed by atoms with Crippen LogP contribution in [0.15, 0.2) is 12.2 Å². The van der Waals surface area contributed by atoms with Crippen LogP contribution in [0.3, 0.4) is 0 Å². The first-order valence-electron chi connectivity index (χ1n) is 5.21. The lowest BCUT2D eigenvalue weighted by atomic mass is 10.1. The Hall–Kier alpha value is -0.123. The second kappa shape index (κ2) is 2.46. The summed E-state index contributed by atoms with van der Waals surface area (Å²) in [6.45, 7) is 3.89. The summed E-state index contributed by atoms with van der Waals surface area (Å²) < 4.78 is 11.8. The molecule has 72 valence electrons. The van der Waals surface area contributed by atoms with Crippen LogP contribution in [0.1, 0.15) is 19.3 Å². The van der Waals surface area contributed by atoms with Gasteiger partial charge in [0.05, 0.1) is 13.2 Å². The average molecular weight is 196 g/mol. The van der Waals surface area contributed by atoms with Gasteiger partial charge in [-0.2, -0.15) is 0 Å². The summed E-state index contributed by atoms with van der Waals surface area (Å²) in [7, 11) is -1.85. The van der Waals surface area contributed by atoms with E-state index in [0.29, 0.717) is 5.04 Å². The molecule has 0 aromatic carbocycles. The van der Waals surface area contributed by atoms with Crippen LogP contribution in [0.2, 0.25) is 11.6 Å². The molecule has 1 saturated heterocycles. The van der Waals surface area contributed by atoms with Gasteiger partial charge in [0.1, 0.15) is 0 Å². The van der Waals surface area contributed by atoms with Crippen molar-refractivity contribution < 1.29 is 8.85 Å². The molecule has 0 aromatic heterocycles. The van der Waals surface area contributed by atoms with Gasteiger partial charge in [0.2, 0.25) is 0 Å². The lowest BCUT2D eigenvalue weighted by Gasteiger charge is -2.35. The molecule has 0 amide bonds. The second-order valence-corrected chi connectivity index (χ2v) is 8.13. The highest BCUT2D eigenvalue weighted by Gasteiger charge is 2.59. The molecule has 1 heterocycles. The second-order valence-electron chi connectivity index (χ2n) is 4.66. The molecule has 2 fully saturated rings. The number of allylic oxidation sites excluding steroid dienone is 2. The van der Waals surface area contributed by atoms with Crippen LogP contribution in [-0.2, 0) is 8.85 Å². The van der Waals surface area contributed by atoms with Crippen LogP contribution in [-0.4, -0.2) is 21.8 Å². The summed E-state index contributed by atoms with van der Waals surface area (Å²) in [6.07, 6.45) is 8.74. The van der Waals surface area contributed by atoms with Crippen molar-refractivity contribution in [3.05, 3.63) is 12.2 Å². The molecule has 3 rings (SSSR count). The maximum Gasteiger partial charge on any atom is 0.345 e. The third kappa shape index (κ3) is 0.953. The van der Waals surface area contributed by atoms with Crippen LogP contribution in [0.25, 0.3) is 0 Å². The molecule has 2 nitrogen and oxygen atoms in total. The van der Waals surface area contributed by atoms with Crippen LogP contribution in [0, 0.1) is 5.92 Å². The standard InChI is InChI=1S/C10H16O2Si/c1-13(11-6-7-12-13)10-4-2-9(8-10)3-5-10/h2,4,9H,3,5-8H2,1H3. The Morgan fingerprint density at radius 1 is 1.38 bits per heavy atom. The van der Waals surface area contributed by atoms with Crippen LogP contribution >= 0.6 is 0 Å². The first-order valence-corrected chi connectivity index (χ1v) is 7.53. The van der Waals surface area contributed by atoms with E-state index in [2.05, 4.69) is 18.7 Å². The minimum absolute atomic E-state index is 0.341. The fraction of sp³-hybridized carbons (Fsp3) is 0.800. The monoisotopic (exact) mass is 196 g/mol. The van der Waals surface area contributed by atoms with Crippen molar-refractivity contribution in [3.63, 3.8) is 0 Å². The largest absolute Gasteiger partial charge is 0.391 e. The summed E-state index contributed by atoms with van der Waals surface area (Å²) >= 11 is 0. The van der Waals surface area contributed by atoms with Gasteiger partial charge in [-0.15, -0.1) is 0 Å². The molecule has 2 aliphatic carbocycles. The Kier molecular flexibility index (Phi) is 1.56. The molecule has 1 aliphatic heterocycles. The molecule has 0 N–H and O–H groups in total. The summed E-state index contributed by atoms with van der Waals surface area (Å²) in [5.41, 5.74) is 0. The van der Waals surface area contributed by atoms with E-state index < -0.39 is 8.56 Å². The van der Waals surface area contributed by atoms with Crippen molar-refractivity contribution in [3.8, 4) is 0 Å². The topological polar surface area (TPSA) is 18.5 Å². The van der Waals surface area contributed by atoms with E-state index in [-0.39, 0.29) is 0 Å². The molecular weight excluding hydrogens is 180 g/mol. The SMILES string of the molecule is C[Si]1(C23C=CC(CC2)C3)OCCO1. The third-order valence-corrected chi connectivity index (χ3v) is 7.96. The van der Waals surface area contributed by atoms with Gasteiger partial charge >= 0.3 is 8.56 Å². The van der Waals surface area contributed by atoms with Crippen molar-refractivity contribution in [2.24, 2.45) is 5.92 Å². The zero-order chi connectivity index (χ0) is 8.94. The first-order chi connectivity index (χ1) is 6.24. The van der Waals surface area contributed by atoms with Crippen molar-refractivity contribution in [2.45, 2.75) is 30.8 Å². The highest BCUT2D eigenvalue weighted by Crippen LogP contribution is 2.61. The van der Waals surface area contributed by atoms with E-state index in [1.807, 2.05) is 0 Å². The fourth-order valence-corrected chi connectivity index (χ4v) is 6.35. The predicted molar refractivity (Wildman–Crippen MR) is 52.7 cm³/mol. The molecule has 1 saturated carbocycles. The van der Waals surface area contributed by atoms with Gasteiger partial charge in [0.25, 0.3) is 0 Å². The predicted octanol–water partition coefficient (Wildman–Crippen LogP) is 2.22. The van der Waals surface area contributed by atoms with Crippen LogP contribution < -0.4 is 0 Å². The van der Waals surface area contributed by atoms with Crippen molar-refractivity contribution in [1.29, 1.82) is 0 Å². The van der Waals surface area contributed by atoms with Gasteiger partial charge in [-0.25, -0.2) is 0 Å². The van der Waals surface area contributed by atoms with E-state index in [9.17, 15) is 0 Å². The molecule has 2 bridgehead atoms. The number of hydrogen-bond acceptors (Lipinski definition) is 2. The van der Waals surface area contributed by atoms with E-state index in [0.717, 1.165) is 19.1 Å². The summed E-state index contributed by atoms with van der Waals surface area (Å²) in [5, 5.41) is 0.341. The minimum atomic E-state index is -1.85. The van der Waals surface area contributed by atoms with E-state index in [1.165, 1.54) is 19.3 Å². The van der Waals surface area contributed by atoms with Gasteiger partial charge in [-0.3, -0.25) is 0 Å². The zero-order valence-electron chi connectivity index (χ0n) is 8.08. The van der Waals surface area contributed by atoms with E-state index in [4.69, 9.17) is 8.85 Å². The number of rotatable bonds is 1. The molecule has 3 aliphatic rings. The van der Waals surface area contributed by atoms with Crippen molar-refractivity contribution in [2.75, 3.05) is 13.2 Å². The molecular formula is C10H16O2Si. The first kappa shape index (κ1) is 8.21. The molecule has 3 heteroatoms. The molecule has 0 aromatic rings. The summed E-state index contributed by atoms with van der Waals surface area (Å²) in [6, 6.07) is 0. The van der Waals surface area contributed by atoms with Gasteiger partial charge in [-0.1, -0.05) is 12.2 Å². The van der Waals surface area contributed by atoms with Crippen molar-refractivity contribution in [1.82, 2.24) is 0 Å². The lowest BCUT2D eigenvalue weighted by Crippen LogP contribution is -2.44. The Balaban J connectivity index is 1.95. The maximum absolute atomic E-state index is 5.91. The minimum Gasteiger partial charge on any atom is -0.391 e. The van der Waals surface area contributed by atoms with Gasteiger partial charge in [-0.05, 0) is 31.7 Å². The number of hydrogen-bond donors (Lipinski definition) is 0. The summed E-state index contributed by atoms with van der Waals surface area (Å²) in [4.78, 5) is 0. The van der Waals surface area contributed by atoms with Crippen LogP contribution in [0.4, 0.5) is 0 Å². The Bertz CT molecular complexity index is 258. The molecule has 2 unspecified atom stereocenters. The molecule has 13 heavy (non-hydrogen) atoms. The average Bonchev–Trinajstić information content (AvgIpc) is 2.78. The molecule has 0 radical (unpaired) electrons. The maximum atomic E-state index is 5.91. The normalized spacial score (nSPS) is 46.1. The third-order valence-electron chi connectivity index (χ3n) is 4.02. The fourth-order valence-electron chi connectivity index (χ4n) is 3.12. The highest BCUT2D eigenvalue weighted by molar-refractivity contribution is 6.70. The smallest absolute Gasteiger partial charge is 0.345 e. The van der Waals surface area contributed by atoms with Gasteiger partial charge in [0, 0.05) is 5.04 Å². The van der Waals surface area contributed by atoms with E-state index >= 15 is 0 Å². The Labute approximate surface area is 80.2 Å². The molecule has 0 spiro atoms. The number of fused-ring (bicyclic) bond motifs is 2. The van der Waals surface area contributed by atoms with Crippen LogP contribution in [0.5, 0.6) is 0 Å². The lowest BCUT2D eigenvalue weighted by molar-refractivity contribution is 0.303. The summed E-state index contributed by atoms with van der Waals surface area (Å²) in [5.74, 6) is 0.831. The highest BCUT2D eigenvalue weighted by atomic mass is 28.4. The van der Waals surface area contributed by atoms with Crippen molar-refractivity contribution >= 4 is 8.56 Å². The molecule has 2 atom stereocenters. The van der Waals surface area contributed by atoms with E-state index in [1.54, 1.807) is 0 Å². The Morgan fingerprint density at radius 3 is 2.62 bits per heavy atom. The van der Waals surface area contributed by atoms with Gasteiger partial charge in [0.15, 0.2) is 0 Å².